The molecule has 2 N–H and O–H groups in total. The van der Waals surface area contributed by atoms with Gasteiger partial charge in [-0.25, -0.2) is 4.98 Å². The topological polar surface area (TPSA) is 57.8 Å². The van der Waals surface area contributed by atoms with Crippen molar-refractivity contribution >= 4 is 0 Å². The summed E-state index contributed by atoms with van der Waals surface area (Å²) in [4.78, 5) is 18.8. The van der Waals surface area contributed by atoms with E-state index in [2.05, 4.69) is 22.2 Å². The fourth-order valence-corrected chi connectivity index (χ4v) is 1.84. The van der Waals surface area contributed by atoms with Gasteiger partial charge in [-0.15, -0.1) is 0 Å². The fourth-order valence-electron chi connectivity index (χ4n) is 1.84. The molecule has 0 saturated carbocycles. The van der Waals surface area contributed by atoms with E-state index in [-0.39, 0.29) is 11.6 Å². The normalized spacial score (nSPS) is 12.8. The van der Waals surface area contributed by atoms with Gasteiger partial charge in [0.2, 0.25) is 0 Å². The summed E-state index contributed by atoms with van der Waals surface area (Å²) in [5.41, 5.74) is 1.54. The van der Waals surface area contributed by atoms with Crippen LogP contribution in [0.1, 0.15) is 49.8 Å². The third-order valence-corrected chi connectivity index (χ3v) is 2.68. The second kappa shape index (κ2) is 5.80. The summed E-state index contributed by atoms with van der Waals surface area (Å²) >= 11 is 0. The molecule has 0 aliphatic carbocycles. The van der Waals surface area contributed by atoms with E-state index in [0.29, 0.717) is 5.82 Å². The predicted molar refractivity (Wildman–Crippen MR) is 65.7 cm³/mol. The molecule has 1 rings (SSSR count). The summed E-state index contributed by atoms with van der Waals surface area (Å²) in [6, 6.07) is 0.0587. The molecular weight excluding hydrogens is 202 g/mol. The monoisotopic (exact) mass is 223 g/mol. The Balaban J connectivity index is 2.83. The third-order valence-electron chi connectivity index (χ3n) is 2.68. The van der Waals surface area contributed by atoms with Gasteiger partial charge >= 0.3 is 0 Å². The van der Waals surface area contributed by atoms with Gasteiger partial charge in [-0.1, -0.05) is 13.3 Å². The number of aromatic nitrogens is 2. The van der Waals surface area contributed by atoms with Crippen molar-refractivity contribution in [1.82, 2.24) is 15.3 Å². The zero-order valence-electron chi connectivity index (χ0n) is 10.6. The summed E-state index contributed by atoms with van der Waals surface area (Å²) in [6.07, 6.45) is 2.28. The van der Waals surface area contributed by atoms with Crippen LogP contribution in [0.3, 0.4) is 0 Å². The van der Waals surface area contributed by atoms with Gasteiger partial charge in [-0.05, 0) is 33.7 Å². The number of nitrogens with zero attached hydrogens (tertiary/aromatic N) is 1. The molecule has 0 aliphatic heterocycles. The van der Waals surface area contributed by atoms with Crippen molar-refractivity contribution in [3.05, 3.63) is 27.4 Å². The Labute approximate surface area is 96.5 Å². The fraction of sp³-hybridized carbons (Fsp3) is 0.667. The van der Waals surface area contributed by atoms with Crippen molar-refractivity contribution < 1.29 is 0 Å². The first kappa shape index (κ1) is 12.9. The SMILES string of the molecule is CCCCNC(C)c1c(C)nc(C)[nH]c1=O. The summed E-state index contributed by atoms with van der Waals surface area (Å²) in [5.74, 6) is 0.673. The van der Waals surface area contributed by atoms with Gasteiger partial charge < -0.3 is 10.3 Å². The Hall–Kier alpha value is -1.16. The van der Waals surface area contributed by atoms with Crippen molar-refractivity contribution in [3.8, 4) is 0 Å². The van der Waals surface area contributed by atoms with Crippen LogP contribution < -0.4 is 10.9 Å². The first-order valence-electron chi connectivity index (χ1n) is 5.87. The van der Waals surface area contributed by atoms with Crippen LogP contribution in [0.2, 0.25) is 0 Å². The van der Waals surface area contributed by atoms with E-state index in [9.17, 15) is 4.79 Å². The second-order valence-corrected chi connectivity index (χ2v) is 4.18. The number of aryl methyl sites for hydroxylation is 2. The van der Waals surface area contributed by atoms with Gasteiger partial charge in [-0.3, -0.25) is 4.79 Å². The van der Waals surface area contributed by atoms with E-state index in [4.69, 9.17) is 0 Å². The molecule has 0 saturated heterocycles. The molecule has 1 heterocycles. The Morgan fingerprint density at radius 3 is 2.69 bits per heavy atom. The molecule has 90 valence electrons. The number of hydrogen-bond acceptors (Lipinski definition) is 3. The molecule has 0 fully saturated rings. The Morgan fingerprint density at radius 1 is 1.44 bits per heavy atom. The van der Waals surface area contributed by atoms with Crippen LogP contribution in [-0.4, -0.2) is 16.5 Å². The molecule has 0 radical (unpaired) electrons. The van der Waals surface area contributed by atoms with E-state index in [1.807, 2.05) is 13.8 Å². The minimum absolute atomic E-state index is 0.0264. The molecule has 1 unspecified atom stereocenters. The number of aromatic amines is 1. The first-order chi connectivity index (χ1) is 7.56. The molecule has 0 bridgehead atoms. The summed E-state index contributed by atoms with van der Waals surface area (Å²) in [6.45, 7) is 8.77. The molecule has 4 heteroatoms. The van der Waals surface area contributed by atoms with Crippen LogP contribution in [-0.2, 0) is 0 Å². The number of H-pyrrole nitrogens is 1. The number of hydrogen-bond donors (Lipinski definition) is 2. The maximum Gasteiger partial charge on any atom is 0.255 e. The van der Waals surface area contributed by atoms with Crippen LogP contribution in [0.25, 0.3) is 0 Å². The molecule has 4 nitrogen and oxygen atoms in total. The van der Waals surface area contributed by atoms with E-state index in [1.54, 1.807) is 6.92 Å². The van der Waals surface area contributed by atoms with Crippen molar-refractivity contribution in [2.75, 3.05) is 6.54 Å². The lowest BCUT2D eigenvalue weighted by Crippen LogP contribution is -2.28. The highest BCUT2D eigenvalue weighted by molar-refractivity contribution is 5.19. The smallest absolute Gasteiger partial charge is 0.255 e. The van der Waals surface area contributed by atoms with Crippen LogP contribution in [0.4, 0.5) is 0 Å². The average molecular weight is 223 g/mol. The zero-order chi connectivity index (χ0) is 12.1. The lowest BCUT2D eigenvalue weighted by molar-refractivity contribution is 0.545. The van der Waals surface area contributed by atoms with Crippen LogP contribution >= 0.6 is 0 Å². The lowest BCUT2D eigenvalue weighted by Gasteiger charge is -2.15. The highest BCUT2D eigenvalue weighted by Gasteiger charge is 2.13. The molecular formula is C12H21N3O. The van der Waals surface area contributed by atoms with Gasteiger partial charge in [0.15, 0.2) is 0 Å². The van der Waals surface area contributed by atoms with E-state index in [1.165, 1.54) is 0 Å². The zero-order valence-corrected chi connectivity index (χ0v) is 10.6. The summed E-state index contributed by atoms with van der Waals surface area (Å²) in [5, 5.41) is 3.34. The number of nitrogens with one attached hydrogen (secondary N) is 2. The lowest BCUT2D eigenvalue weighted by atomic mass is 10.1. The Bertz CT molecular complexity index is 398. The highest BCUT2D eigenvalue weighted by atomic mass is 16.1. The summed E-state index contributed by atoms with van der Waals surface area (Å²) in [7, 11) is 0. The van der Waals surface area contributed by atoms with Crippen molar-refractivity contribution in [3.63, 3.8) is 0 Å². The average Bonchev–Trinajstić information content (AvgIpc) is 2.16. The van der Waals surface area contributed by atoms with Crippen molar-refractivity contribution in [1.29, 1.82) is 0 Å². The van der Waals surface area contributed by atoms with Crippen LogP contribution in [0.5, 0.6) is 0 Å². The minimum Gasteiger partial charge on any atom is -0.310 e. The van der Waals surface area contributed by atoms with E-state index >= 15 is 0 Å². The van der Waals surface area contributed by atoms with E-state index < -0.39 is 0 Å². The van der Waals surface area contributed by atoms with Gasteiger partial charge in [-0.2, -0.15) is 0 Å². The molecule has 16 heavy (non-hydrogen) atoms. The Kier molecular flexibility index (Phi) is 4.68. The van der Waals surface area contributed by atoms with Gasteiger partial charge in [0, 0.05) is 11.7 Å². The molecule has 0 aromatic carbocycles. The minimum atomic E-state index is -0.0264. The highest BCUT2D eigenvalue weighted by Crippen LogP contribution is 2.10. The second-order valence-electron chi connectivity index (χ2n) is 4.18. The molecule has 1 aromatic rings. The largest absolute Gasteiger partial charge is 0.310 e. The van der Waals surface area contributed by atoms with E-state index in [0.717, 1.165) is 30.6 Å². The predicted octanol–water partition coefficient (Wildman–Crippen LogP) is 1.84. The summed E-state index contributed by atoms with van der Waals surface area (Å²) < 4.78 is 0. The molecule has 1 aromatic heterocycles. The van der Waals surface area contributed by atoms with Crippen LogP contribution in [0, 0.1) is 13.8 Å². The standard InChI is InChI=1S/C12H21N3O/c1-5-6-7-13-8(2)11-9(3)14-10(4)15-12(11)16/h8,13H,5-7H2,1-4H3,(H,14,15,16). The third kappa shape index (κ3) is 3.17. The molecule has 1 atom stereocenters. The number of rotatable bonds is 5. The van der Waals surface area contributed by atoms with Crippen molar-refractivity contribution in [2.24, 2.45) is 0 Å². The van der Waals surface area contributed by atoms with Gasteiger partial charge in [0.1, 0.15) is 5.82 Å². The molecule has 0 amide bonds. The Morgan fingerprint density at radius 2 is 2.12 bits per heavy atom. The first-order valence-corrected chi connectivity index (χ1v) is 5.87. The molecule has 0 aliphatic rings. The van der Waals surface area contributed by atoms with Gasteiger partial charge in [0.05, 0.1) is 5.56 Å². The number of unbranched alkanes of at least 4 members (excludes halogenated alkanes) is 1. The maximum absolute atomic E-state index is 11.8. The van der Waals surface area contributed by atoms with Crippen molar-refractivity contribution in [2.45, 2.75) is 46.6 Å². The van der Waals surface area contributed by atoms with Gasteiger partial charge in [0.25, 0.3) is 5.56 Å². The quantitative estimate of drug-likeness (QED) is 0.749. The van der Waals surface area contributed by atoms with Crippen LogP contribution in [0.15, 0.2) is 4.79 Å². The maximum atomic E-state index is 11.8. The molecule has 0 spiro atoms.